The molecule has 0 saturated heterocycles. The number of anilines is 2. The number of hydrogen-bond donors (Lipinski definition) is 2. The Morgan fingerprint density at radius 3 is 2.50 bits per heavy atom. The monoisotopic (exact) mass is 430 g/mol. The maximum atomic E-state index is 12.6. The van der Waals surface area contributed by atoms with Gasteiger partial charge in [-0.3, -0.25) is 9.52 Å². The molecular formula is C19H18N4O6S. The third-order valence-corrected chi connectivity index (χ3v) is 5.06. The van der Waals surface area contributed by atoms with Gasteiger partial charge in [-0.25, -0.2) is 8.42 Å². The summed E-state index contributed by atoms with van der Waals surface area (Å²) in [5, 5.41) is 2.63. The molecule has 0 spiro atoms. The van der Waals surface area contributed by atoms with Gasteiger partial charge in [0.25, 0.3) is 10.0 Å². The van der Waals surface area contributed by atoms with Crippen molar-refractivity contribution in [2.45, 2.75) is 4.90 Å². The van der Waals surface area contributed by atoms with Gasteiger partial charge >= 0.3 is 6.01 Å². The average molecular weight is 430 g/mol. The van der Waals surface area contributed by atoms with Crippen molar-refractivity contribution in [1.82, 2.24) is 9.97 Å². The minimum Gasteiger partial charge on any atom is -0.481 e. The van der Waals surface area contributed by atoms with Crippen LogP contribution in [0, 0.1) is 0 Å². The first-order valence-electron chi connectivity index (χ1n) is 8.52. The Morgan fingerprint density at radius 1 is 1.10 bits per heavy atom. The molecule has 2 aromatic heterocycles. The van der Waals surface area contributed by atoms with Crippen molar-refractivity contribution < 1.29 is 27.1 Å². The predicted octanol–water partition coefficient (Wildman–Crippen LogP) is 2.54. The largest absolute Gasteiger partial charge is 0.481 e. The highest BCUT2D eigenvalue weighted by molar-refractivity contribution is 7.92. The molecule has 0 bridgehead atoms. The second kappa shape index (κ2) is 9.09. The maximum Gasteiger partial charge on any atom is 0.321 e. The summed E-state index contributed by atoms with van der Waals surface area (Å²) in [6, 6.07) is 10.3. The zero-order valence-corrected chi connectivity index (χ0v) is 16.8. The van der Waals surface area contributed by atoms with Gasteiger partial charge in [-0.1, -0.05) is 0 Å². The third-order valence-electron chi connectivity index (χ3n) is 3.69. The minimum absolute atomic E-state index is 0.0147. The van der Waals surface area contributed by atoms with Crippen molar-refractivity contribution in [1.29, 1.82) is 0 Å². The standard InChI is InChI=1S/C19H18N4O6S/c1-27-18-12-16(21-19(22-18)28-2)23-30(25,26)15-8-5-13(6-9-15)20-17(24)10-7-14-4-3-11-29-14/h3-12H,1-2H3,(H,20,24)(H,21,22,23). The Hall–Kier alpha value is -3.86. The second-order valence-electron chi connectivity index (χ2n) is 5.75. The highest BCUT2D eigenvalue weighted by Crippen LogP contribution is 2.21. The Balaban J connectivity index is 1.69. The lowest BCUT2D eigenvalue weighted by atomic mass is 10.3. The van der Waals surface area contributed by atoms with E-state index in [2.05, 4.69) is 20.0 Å². The van der Waals surface area contributed by atoms with Crippen LogP contribution in [-0.2, 0) is 14.8 Å². The molecule has 3 rings (SSSR count). The molecule has 2 N–H and O–H groups in total. The molecule has 156 valence electrons. The summed E-state index contributed by atoms with van der Waals surface area (Å²) in [6.07, 6.45) is 4.32. The highest BCUT2D eigenvalue weighted by atomic mass is 32.2. The quantitative estimate of drug-likeness (QED) is 0.521. The summed E-state index contributed by atoms with van der Waals surface area (Å²) in [7, 11) is -1.20. The van der Waals surface area contributed by atoms with E-state index >= 15 is 0 Å². The van der Waals surface area contributed by atoms with Crippen molar-refractivity contribution in [3.63, 3.8) is 0 Å². The second-order valence-corrected chi connectivity index (χ2v) is 7.43. The van der Waals surface area contributed by atoms with Crippen LogP contribution < -0.4 is 19.5 Å². The van der Waals surface area contributed by atoms with E-state index in [1.54, 1.807) is 12.1 Å². The van der Waals surface area contributed by atoms with Gasteiger partial charge in [0.2, 0.25) is 11.8 Å². The first-order valence-corrected chi connectivity index (χ1v) is 10.0. The Bertz CT molecular complexity index is 1120. The van der Waals surface area contributed by atoms with Crippen molar-refractivity contribution in [2.75, 3.05) is 24.3 Å². The zero-order valence-electron chi connectivity index (χ0n) is 16.0. The molecule has 0 fully saturated rings. The van der Waals surface area contributed by atoms with Crippen LogP contribution in [0.3, 0.4) is 0 Å². The molecule has 30 heavy (non-hydrogen) atoms. The lowest BCUT2D eigenvalue weighted by molar-refractivity contribution is -0.111. The highest BCUT2D eigenvalue weighted by Gasteiger charge is 2.17. The summed E-state index contributed by atoms with van der Waals surface area (Å²) >= 11 is 0. The van der Waals surface area contributed by atoms with Crippen molar-refractivity contribution >= 4 is 33.5 Å². The van der Waals surface area contributed by atoms with E-state index in [1.165, 1.54) is 63.0 Å². The summed E-state index contributed by atoms with van der Waals surface area (Å²) < 4.78 is 42.6. The van der Waals surface area contributed by atoms with Crippen molar-refractivity contribution in [3.8, 4) is 11.9 Å². The van der Waals surface area contributed by atoms with Gasteiger partial charge in [0.1, 0.15) is 5.76 Å². The molecular weight excluding hydrogens is 412 g/mol. The molecule has 1 aromatic carbocycles. The number of rotatable bonds is 8. The van der Waals surface area contributed by atoms with Crippen molar-refractivity contribution in [3.05, 3.63) is 60.6 Å². The van der Waals surface area contributed by atoms with Gasteiger partial charge in [-0.05, 0) is 42.5 Å². The smallest absolute Gasteiger partial charge is 0.321 e. The summed E-state index contributed by atoms with van der Waals surface area (Å²) in [5.74, 6) is 0.273. The Morgan fingerprint density at radius 2 is 1.87 bits per heavy atom. The number of sulfonamides is 1. The minimum atomic E-state index is -3.94. The third kappa shape index (κ3) is 5.35. The van der Waals surface area contributed by atoms with Crippen LogP contribution in [0.4, 0.5) is 11.5 Å². The fraction of sp³-hybridized carbons (Fsp3) is 0.105. The van der Waals surface area contributed by atoms with Crippen LogP contribution in [-0.4, -0.2) is 38.5 Å². The first-order chi connectivity index (χ1) is 14.4. The van der Waals surface area contributed by atoms with E-state index < -0.39 is 10.0 Å². The van der Waals surface area contributed by atoms with Gasteiger partial charge in [-0.15, -0.1) is 0 Å². The Kier molecular flexibility index (Phi) is 6.32. The van der Waals surface area contributed by atoms with E-state index in [9.17, 15) is 13.2 Å². The molecule has 3 aromatic rings. The number of nitrogens with zero attached hydrogens (tertiary/aromatic N) is 2. The fourth-order valence-corrected chi connectivity index (χ4v) is 3.29. The van der Waals surface area contributed by atoms with E-state index in [0.717, 1.165) is 0 Å². The van der Waals surface area contributed by atoms with Gasteiger partial charge in [0.05, 0.1) is 25.4 Å². The molecule has 2 heterocycles. The SMILES string of the molecule is COc1cc(NS(=O)(=O)c2ccc(NC(=O)C=Cc3ccco3)cc2)nc(OC)n1. The number of furan rings is 1. The van der Waals surface area contributed by atoms with Crippen LogP contribution in [0.1, 0.15) is 5.76 Å². The predicted molar refractivity (Wildman–Crippen MR) is 109 cm³/mol. The van der Waals surface area contributed by atoms with E-state index in [1.807, 2.05) is 0 Å². The first kappa shape index (κ1) is 20.9. The number of ether oxygens (including phenoxy) is 2. The number of carbonyl (C=O) groups excluding carboxylic acids is 1. The van der Waals surface area contributed by atoms with Gasteiger partial charge in [-0.2, -0.15) is 9.97 Å². The normalized spacial score (nSPS) is 11.3. The summed E-state index contributed by atoms with van der Waals surface area (Å²) in [4.78, 5) is 19.8. The zero-order chi connectivity index (χ0) is 21.6. The van der Waals surface area contributed by atoms with Crippen LogP contribution in [0.2, 0.25) is 0 Å². The molecule has 1 amide bonds. The lowest BCUT2D eigenvalue weighted by Gasteiger charge is -2.10. The van der Waals surface area contributed by atoms with Crippen LogP contribution in [0.5, 0.6) is 11.9 Å². The van der Waals surface area contributed by atoms with Gasteiger partial charge < -0.3 is 19.2 Å². The molecule has 0 unspecified atom stereocenters. The average Bonchev–Trinajstić information content (AvgIpc) is 3.25. The molecule has 11 heteroatoms. The van der Waals surface area contributed by atoms with Gasteiger partial charge in [0.15, 0.2) is 5.82 Å². The summed E-state index contributed by atoms with van der Waals surface area (Å²) in [5.41, 5.74) is 0.424. The number of methoxy groups -OCH3 is 2. The number of amides is 1. The number of nitrogens with one attached hydrogen (secondary N) is 2. The number of hydrogen-bond acceptors (Lipinski definition) is 8. The molecule has 0 saturated carbocycles. The molecule has 0 aliphatic carbocycles. The lowest BCUT2D eigenvalue weighted by Crippen LogP contribution is -2.15. The topological polar surface area (TPSA) is 133 Å². The molecule has 0 aliphatic rings. The maximum absolute atomic E-state index is 12.6. The van der Waals surface area contributed by atoms with Crippen LogP contribution in [0.25, 0.3) is 6.08 Å². The van der Waals surface area contributed by atoms with Gasteiger partial charge in [0, 0.05) is 17.8 Å². The number of carbonyl (C=O) groups is 1. The molecule has 0 aliphatic heterocycles. The van der Waals surface area contributed by atoms with Crippen LogP contribution >= 0.6 is 0 Å². The van der Waals surface area contributed by atoms with E-state index in [0.29, 0.717) is 11.4 Å². The van der Waals surface area contributed by atoms with E-state index in [4.69, 9.17) is 13.9 Å². The number of benzene rings is 1. The Labute approximate surface area is 172 Å². The van der Waals surface area contributed by atoms with Crippen LogP contribution in [0.15, 0.2) is 64.1 Å². The van der Waals surface area contributed by atoms with Crippen molar-refractivity contribution in [2.24, 2.45) is 0 Å². The fourth-order valence-electron chi connectivity index (χ4n) is 2.29. The molecule has 0 radical (unpaired) electrons. The number of aromatic nitrogens is 2. The molecule has 0 atom stereocenters. The molecule has 10 nitrogen and oxygen atoms in total. The summed E-state index contributed by atoms with van der Waals surface area (Å²) in [6.45, 7) is 0. The van der Waals surface area contributed by atoms with E-state index in [-0.39, 0.29) is 28.5 Å².